The molecule has 9 aromatic carbocycles. The molecule has 0 amide bonds. The summed E-state index contributed by atoms with van der Waals surface area (Å²) < 4.78 is 0. The van der Waals surface area contributed by atoms with Crippen LogP contribution in [0.3, 0.4) is 0 Å². The molecule has 0 bridgehead atoms. The number of nitrogens with zero attached hydrogens (tertiary/aromatic N) is 4. The van der Waals surface area contributed by atoms with Crippen molar-refractivity contribution in [2.75, 3.05) is 9.80 Å². The quantitative estimate of drug-likeness (QED) is 0.160. The van der Waals surface area contributed by atoms with Crippen molar-refractivity contribution in [3.63, 3.8) is 0 Å². The standard InChI is InChI=1S/C62H42N4/c63-42-46-41-44(37-39-55(46)65-56-33-17-13-29-51(56)61(47-21-5-1-6-22-47,48-23-7-2-8-24-48)52-30-14-18-34-57(52)65)45-38-40-60(64-43-45)66-58-35-19-15-31-53(58)62(49-25-9-3-10-26-49,50-27-11-4-12-28-50)54-32-16-20-36-59(54)66/h1-41,43H. The summed E-state index contributed by atoms with van der Waals surface area (Å²) in [5, 5.41) is 11.0. The molecule has 0 N–H and O–H groups in total. The Kier molecular flexibility index (Phi) is 9.29. The van der Waals surface area contributed by atoms with Gasteiger partial charge in [0.15, 0.2) is 0 Å². The number of nitriles is 1. The van der Waals surface area contributed by atoms with E-state index >= 15 is 0 Å². The van der Waals surface area contributed by atoms with E-state index in [2.05, 4.69) is 259 Å². The third-order valence-corrected chi connectivity index (χ3v) is 13.7. The second-order valence-corrected chi connectivity index (χ2v) is 17.0. The number of rotatable bonds is 7. The lowest BCUT2D eigenvalue weighted by atomic mass is 9.62. The Morgan fingerprint density at radius 1 is 0.333 bits per heavy atom. The minimum absolute atomic E-state index is 0.554. The number of para-hydroxylation sites is 4. The van der Waals surface area contributed by atoms with Crippen molar-refractivity contribution >= 4 is 34.3 Å². The molecular formula is C62H42N4. The van der Waals surface area contributed by atoms with Crippen molar-refractivity contribution in [2.45, 2.75) is 10.8 Å². The molecule has 310 valence electrons. The van der Waals surface area contributed by atoms with Crippen LogP contribution in [0, 0.1) is 11.3 Å². The first-order chi connectivity index (χ1) is 32.7. The topological polar surface area (TPSA) is 43.2 Å². The van der Waals surface area contributed by atoms with Gasteiger partial charge in [-0.1, -0.05) is 200 Å². The van der Waals surface area contributed by atoms with E-state index in [1.54, 1.807) is 0 Å². The predicted octanol–water partition coefficient (Wildman–Crippen LogP) is 15.0. The normalized spacial score (nSPS) is 13.9. The summed E-state index contributed by atoms with van der Waals surface area (Å²) in [6.45, 7) is 0. The predicted molar refractivity (Wildman–Crippen MR) is 267 cm³/mol. The van der Waals surface area contributed by atoms with E-state index in [1.165, 1.54) is 33.4 Å². The number of hydrogen-bond acceptors (Lipinski definition) is 4. The van der Waals surface area contributed by atoms with Gasteiger partial charge in [0.1, 0.15) is 11.9 Å². The summed E-state index contributed by atoms with van der Waals surface area (Å²) in [5.41, 5.74) is 15.8. The number of hydrogen-bond donors (Lipinski definition) is 0. The maximum absolute atomic E-state index is 11.0. The minimum atomic E-state index is -0.591. The molecule has 0 fully saturated rings. The zero-order valence-corrected chi connectivity index (χ0v) is 36.0. The highest BCUT2D eigenvalue weighted by atomic mass is 15.2. The molecule has 66 heavy (non-hydrogen) atoms. The summed E-state index contributed by atoms with van der Waals surface area (Å²) in [6.07, 6.45) is 1.94. The third-order valence-electron chi connectivity index (χ3n) is 13.7. The smallest absolute Gasteiger partial charge is 0.137 e. The monoisotopic (exact) mass is 842 g/mol. The SMILES string of the molecule is N#Cc1cc(-c2ccc(N3c4ccccc4C(c4ccccc4)(c4ccccc4)c4ccccc43)nc2)ccc1N1c2ccccc2C(c2ccccc2)(c2ccccc2)c2ccccc21. The molecule has 1 aromatic heterocycles. The van der Waals surface area contributed by atoms with Crippen LogP contribution >= 0.6 is 0 Å². The van der Waals surface area contributed by atoms with Gasteiger partial charge in [-0.25, -0.2) is 4.98 Å². The maximum atomic E-state index is 11.0. The van der Waals surface area contributed by atoms with Gasteiger partial charge in [-0.2, -0.15) is 5.26 Å². The molecule has 12 rings (SSSR count). The number of pyridine rings is 1. The van der Waals surface area contributed by atoms with Gasteiger partial charge >= 0.3 is 0 Å². The molecule has 3 heterocycles. The highest BCUT2D eigenvalue weighted by molar-refractivity contribution is 5.92. The van der Waals surface area contributed by atoms with Crippen molar-refractivity contribution in [3.8, 4) is 17.2 Å². The van der Waals surface area contributed by atoms with E-state index < -0.39 is 10.8 Å². The first-order valence-electron chi connectivity index (χ1n) is 22.4. The number of benzene rings is 9. The number of fused-ring (bicyclic) bond motifs is 4. The summed E-state index contributed by atoms with van der Waals surface area (Å²) in [7, 11) is 0. The Bertz CT molecular complexity index is 3260. The van der Waals surface area contributed by atoms with E-state index in [0.29, 0.717) is 5.56 Å². The Labute approximate surface area is 385 Å². The second kappa shape index (κ2) is 15.8. The highest BCUT2D eigenvalue weighted by Gasteiger charge is 2.48. The number of anilines is 6. The Morgan fingerprint density at radius 3 is 1.05 bits per heavy atom. The van der Waals surface area contributed by atoms with E-state index in [1.807, 2.05) is 12.3 Å². The molecule has 10 aromatic rings. The average molecular weight is 843 g/mol. The van der Waals surface area contributed by atoms with E-state index in [-0.39, 0.29) is 0 Å². The summed E-state index contributed by atoms with van der Waals surface area (Å²) >= 11 is 0. The molecule has 0 spiro atoms. The molecule has 2 aliphatic rings. The highest BCUT2D eigenvalue weighted by Crippen LogP contribution is 2.59. The van der Waals surface area contributed by atoms with Gasteiger partial charge in [-0.3, -0.25) is 4.90 Å². The van der Waals surface area contributed by atoms with Crippen LogP contribution in [0.1, 0.15) is 50.1 Å². The summed E-state index contributed by atoms with van der Waals surface area (Å²) in [5.74, 6) is 0.812. The van der Waals surface area contributed by atoms with E-state index in [9.17, 15) is 5.26 Å². The Morgan fingerprint density at radius 2 is 0.682 bits per heavy atom. The van der Waals surface area contributed by atoms with Gasteiger partial charge in [0.2, 0.25) is 0 Å². The second-order valence-electron chi connectivity index (χ2n) is 17.0. The van der Waals surface area contributed by atoms with Gasteiger partial charge in [0.05, 0.1) is 44.8 Å². The largest absolute Gasteiger partial charge is 0.308 e. The fourth-order valence-electron chi connectivity index (χ4n) is 11.0. The first kappa shape index (κ1) is 38.9. The molecule has 0 saturated heterocycles. The van der Waals surface area contributed by atoms with Crippen LogP contribution in [-0.2, 0) is 10.8 Å². The minimum Gasteiger partial charge on any atom is -0.308 e. The fourth-order valence-corrected chi connectivity index (χ4v) is 11.0. The van der Waals surface area contributed by atoms with Gasteiger partial charge in [-0.05, 0) is 98.6 Å². The van der Waals surface area contributed by atoms with Crippen LogP contribution in [0.5, 0.6) is 0 Å². The molecule has 4 nitrogen and oxygen atoms in total. The molecule has 0 atom stereocenters. The van der Waals surface area contributed by atoms with Crippen LogP contribution in [0.15, 0.2) is 255 Å². The van der Waals surface area contributed by atoms with Crippen molar-refractivity contribution in [1.82, 2.24) is 4.98 Å². The van der Waals surface area contributed by atoms with Crippen LogP contribution in [0.4, 0.5) is 34.3 Å². The maximum Gasteiger partial charge on any atom is 0.137 e. The molecule has 0 saturated carbocycles. The number of aromatic nitrogens is 1. The third kappa shape index (κ3) is 5.74. The van der Waals surface area contributed by atoms with Gasteiger partial charge in [0.25, 0.3) is 0 Å². The van der Waals surface area contributed by atoms with Gasteiger partial charge in [0, 0.05) is 11.8 Å². The van der Waals surface area contributed by atoms with Gasteiger partial charge in [-0.15, -0.1) is 0 Å². The molecule has 4 heteroatoms. The lowest BCUT2D eigenvalue weighted by Gasteiger charge is -2.46. The lowest BCUT2D eigenvalue weighted by molar-refractivity contribution is 0.730. The zero-order valence-electron chi connectivity index (χ0n) is 36.0. The molecular weight excluding hydrogens is 801 g/mol. The van der Waals surface area contributed by atoms with Crippen molar-refractivity contribution in [2.24, 2.45) is 0 Å². The van der Waals surface area contributed by atoms with Crippen LogP contribution in [0.25, 0.3) is 11.1 Å². The van der Waals surface area contributed by atoms with Gasteiger partial charge < -0.3 is 4.90 Å². The Hall–Kier alpha value is -8.78. The van der Waals surface area contributed by atoms with Crippen molar-refractivity contribution < 1.29 is 0 Å². The lowest BCUT2D eigenvalue weighted by Crippen LogP contribution is -2.37. The zero-order chi connectivity index (χ0) is 44.1. The van der Waals surface area contributed by atoms with E-state index in [0.717, 1.165) is 56.5 Å². The van der Waals surface area contributed by atoms with Crippen LogP contribution in [-0.4, -0.2) is 4.98 Å². The molecule has 0 aliphatic carbocycles. The van der Waals surface area contributed by atoms with Crippen molar-refractivity contribution in [3.05, 3.63) is 305 Å². The molecule has 0 radical (unpaired) electrons. The summed E-state index contributed by atoms with van der Waals surface area (Å²) in [6, 6.07) is 91.1. The Balaban J connectivity index is 0.962. The molecule has 2 aliphatic heterocycles. The van der Waals surface area contributed by atoms with Crippen LogP contribution < -0.4 is 9.80 Å². The first-order valence-corrected chi connectivity index (χ1v) is 22.4. The molecule has 0 unspecified atom stereocenters. The average Bonchev–Trinajstić information content (AvgIpc) is 3.40. The summed E-state index contributed by atoms with van der Waals surface area (Å²) in [4.78, 5) is 9.77. The van der Waals surface area contributed by atoms with E-state index in [4.69, 9.17) is 4.98 Å². The van der Waals surface area contributed by atoms with Crippen LogP contribution in [0.2, 0.25) is 0 Å². The fraction of sp³-hybridized carbons (Fsp3) is 0.0323. The van der Waals surface area contributed by atoms with Crippen molar-refractivity contribution in [1.29, 1.82) is 5.26 Å².